The van der Waals surface area contributed by atoms with Crippen LogP contribution in [0.4, 0.5) is 17.1 Å². The number of nitro groups is 2. The molecule has 0 fully saturated rings. The van der Waals surface area contributed by atoms with Crippen molar-refractivity contribution in [2.45, 2.75) is 0 Å². The van der Waals surface area contributed by atoms with Crippen LogP contribution < -0.4 is 5.43 Å². The predicted molar refractivity (Wildman–Crippen MR) is 62.0 cm³/mol. The molecule has 1 aromatic rings. The molecule has 0 heterocycles. The fraction of sp³-hybridized carbons (Fsp3) is 0. The van der Waals surface area contributed by atoms with Crippen molar-refractivity contribution in [1.29, 1.82) is 10.5 Å². The van der Waals surface area contributed by atoms with E-state index in [-0.39, 0.29) is 5.69 Å². The van der Waals surface area contributed by atoms with Crippen LogP contribution in [-0.2, 0) is 0 Å². The van der Waals surface area contributed by atoms with Gasteiger partial charge in [0.25, 0.3) is 0 Å². The van der Waals surface area contributed by atoms with E-state index in [0.717, 1.165) is 6.07 Å². The quantitative estimate of drug-likeness (QED) is 0.485. The molecule has 0 aromatic heterocycles. The number of para-hydroxylation sites is 1. The van der Waals surface area contributed by atoms with Crippen molar-refractivity contribution in [3.8, 4) is 12.1 Å². The SMILES string of the molecule is N#CC(C#N)=NNc1cccc([N+](=O)[O-])c1[N+](=O)[O-]. The Morgan fingerprint density at radius 2 is 1.84 bits per heavy atom. The van der Waals surface area contributed by atoms with Gasteiger partial charge in [0.15, 0.2) is 0 Å². The number of benzene rings is 1. The van der Waals surface area contributed by atoms with Gasteiger partial charge in [-0.25, -0.2) is 0 Å². The molecular weight excluding hydrogens is 256 g/mol. The predicted octanol–water partition coefficient (Wildman–Crippen LogP) is 1.32. The number of nitrogens with zero attached hydrogens (tertiary/aromatic N) is 5. The Morgan fingerprint density at radius 3 is 2.32 bits per heavy atom. The lowest BCUT2D eigenvalue weighted by molar-refractivity contribution is -0.421. The van der Waals surface area contributed by atoms with Crippen molar-refractivity contribution >= 4 is 22.8 Å². The van der Waals surface area contributed by atoms with Gasteiger partial charge in [0.1, 0.15) is 17.8 Å². The van der Waals surface area contributed by atoms with Crippen LogP contribution in [0.1, 0.15) is 0 Å². The van der Waals surface area contributed by atoms with Crippen LogP contribution in [0.25, 0.3) is 0 Å². The molecule has 0 atom stereocenters. The lowest BCUT2D eigenvalue weighted by Crippen LogP contribution is -2.02. The lowest BCUT2D eigenvalue weighted by Gasteiger charge is -2.01. The summed E-state index contributed by atoms with van der Waals surface area (Å²) in [7, 11) is 0. The van der Waals surface area contributed by atoms with E-state index in [4.69, 9.17) is 10.5 Å². The Labute approximate surface area is 105 Å². The monoisotopic (exact) mass is 260 g/mol. The van der Waals surface area contributed by atoms with Gasteiger partial charge in [0, 0.05) is 6.07 Å². The van der Waals surface area contributed by atoms with Crippen molar-refractivity contribution in [3.05, 3.63) is 38.4 Å². The summed E-state index contributed by atoms with van der Waals surface area (Å²) in [6.45, 7) is 0. The number of rotatable bonds is 4. The van der Waals surface area contributed by atoms with Crippen molar-refractivity contribution in [2.24, 2.45) is 5.10 Å². The number of hydrogen-bond donors (Lipinski definition) is 1. The van der Waals surface area contributed by atoms with Gasteiger partial charge in [0.2, 0.25) is 5.71 Å². The molecule has 10 nitrogen and oxygen atoms in total. The van der Waals surface area contributed by atoms with Gasteiger partial charge < -0.3 is 0 Å². The van der Waals surface area contributed by atoms with E-state index in [1.165, 1.54) is 24.3 Å². The van der Waals surface area contributed by atoms with Crippen LogP contribution in [0.3, 0.4) is 0 Å². The minimum absolute atomic E-state index is 0.290. The second kappa shape index (κ2) is 5.70. The third-order valence-corrected chi connectivity index (χ3v) is 1.89. The van der Waals surface area contributed by atoms with Crippen molar-refractivity contribution in [1.82, 2.24) is 0 Å². The van der Waals surface area contributed by atoms with Crippen LogP contribution >= 0.6 is 0 Å². The van der Waals surface area contributed by atoms with E-state index in [9.17, 15) is 20.2 Å². The van der Waals surface area contributed by atoms with Crippen LogP contribution in [0.5, 0.6) is 0 Å². The first kappa shape index (κ1) is 13.5. The highest BCUT2D eigenvalue weighted by molar-refractivity contribution is 6.10. The van der Waals surface area contributed by atoms with E-state index in [0.29, 0.717) is 0 Å². The fourth-order valence-electron chi connectivity index (χ4n) is 1.15. The average Bonchev–Trinajstić information content (AvgIpc) is 2.39. The van der Waals surface area contributed by atoms with Gasteiger partial charge in [0.05, 0.1) is 9.85 Å². The molecule has 94 valence electrons. The molecule has 1 aromatic carbocycles. The summed E-state index contributed by atoms with van der Waals surface area (Å²) in [5.74, 6) is 0. The second-order valence-corrected chi connectivity index (χ2v) is 2.98. The highest BCUT2D eigenvalue weighted by Crippen LogP contribution is 2.34. The molecule has 0 bridgehead atoms. The summed E-state index contributed by atoms with van der Waals surface area (Å²) in [6.07, 6.45) is 0. The van der Waals surface area contributed by atoms with E-state index in [2.05, 4.69) is 10.5 Å². The van der Waals surface area contributed by atoms with Crippen LogP contribution in [-0.4, -0.2) is 15.6 Å². The molecular formula is C9H4N6O4. The minimum Gasteiger partial charge on any atom is -0.269 e. The first-order valence-corrected chi connectivity index (χ1v) is 4.57. The van der Waals surface area contributed by atoms with Crippen LogP contribution in [0.15, 0.2) is 23.3 Å². The maximum Gasteiger partial charge on any atom is 0.370 e. The van der Waals surface area contributed by atoms with Crippen molar-refractivity contribution in [2.75, 3.05) is 5.43 Å². The van der Waals surface area contributed by atoms with Crippen LogP contribution in [0, 0.1) is 42.9 Å². The molecule has 0 aliphatic rings. The summed E-state index contributed by atoms with van der Waals surface area (Å²) in [5.41, 5.74) is -0.291. The lowest BCUT2D eigenvalue weighted by atomic mass is 10.2. The zero-order chi connectivity index (χ0) is 14.4. The Kier molecular flexibility index (Phi) is 4.06. The summed E-state index contributed by atoms with van der Waals surface area (Å²) in [5, 5.41) is 41.6. The fourth-order valence-corrected chi connectivity index (χ4v) is 1.15. The maximum absolute atomic E-state index is 10.8. The number of anilines is 1. The molecule has 0 spiro atoms. The molecule has 0 aliphatic heterocycles. The van der Waals surface area contributed by atoms with Gasteiger partial charge in [-0.15, -0.1) is 0 Å². The van der Waals surface area contributed by atoms with Gasteiger partial charge >= 0.3 is 11.4 Å². The normalized spacial score (nSPS) is 8.74. The highest BCUT2D eigenvalue weighted by Gasteiger charge is 2.28. The van der Waals surface area contributed by atoms with E-state index >= 15 is 0 Å². The number of nitro benzene ring substituents is 2. The zero-order valence-corrected chi connectivity index (χ0v) is 9.10. The Hall–Kier alpha value is -3.53. The third-order valence-electron chi connectivity index (χ3n) is 1.89. The summed E-state index contributed by atoms with van der Waals surface area (Å²) in [4.78, 5) is 19.6. The minimum atomic E-state index is -0.950. The Balaban J connectivity index is 3.31. The molecule has 0 saturated carbocycles. The standard InChI is InChI=1S/C9H4N6O4/c10-4-6(5-11)12-13-7-2-1-3-8(14(16)17)9(7)15(18)19/h1-3,13H. The van der Waals surface area contributed by atoms with Crippen molar-refractivity contribution < 1.29 is 9.85 Å². The number of nitriles is 2. The van der Waals surface area contributed by atoms with Gasteiger partial charge in [-0.05, 0) is 6.07 Å². The molecule has 1 rings (SSSR count). The molecule has 0 aliphatic carbocycles. The Bertz CT molecular complexity index is 638. The smallest absolute Gasteiger partial charge is 0.269 e. The molecule has 0 radical (unpaired) electrons. The van der Waals surface area contributed by atoms with E-state index < -0.39 is 26.9 Å². The highest BCUT2D eigenvalue weighted by atomic mass is 16.6. The molecule has 1 N–H and O–H groups in total. The van der Waals surface area contributed by atoms with E-state index in [1.807, 2.05) is 0 Å². The first-order chi connectivity index (χ1) is 9.01. The number of nitrogens with one attached hydrogen (secondary N) is 1. The van der Waals surface area contributed by atoms with E-state index in [1.54, 1.807) is 0 Å². The van der Waals surface area contributed by atoms with Gasteiger partial charge in [-0.2, -0.15) is 15.6 Å². The largest absolute Gasteiger partial charge is 0.370 e. The topological polar surface area (TPSA) is 158 Å². The first-order valence-electron chi connectivity index (χ1n) is 4.57. The molecule has 0 amide bonds. The summed E-state index contributed by atoms with van der Waals surface area (Å²) in [6, 6.07) is 6.20. The second-order valence-electron chi connectivity index (χ2n) is 2.98. The maximum atomic E-state index is 10.8. The molecule has 19 heavy (non-hydrogen) atoms. The van der Waals surface area contributed by atoms with Crippen molar-refractivity contribution in [3.63, 3.8) is 0 Å². The Morgan fingerprint density at radius 1 is 1.21 bits per heavy atom. The molecule has 0 unspecified atom stereocenters. The average molecular weight is 260 g/mol. The van der Waals surface area contributed by atoms with Gasteiger partial charge in [-0.1, -0.05) is 6.07 Å². The zero-order valence-electron chi connectivity index (χ0n) is 9.10. The summed E-state index contributed by atoms with van der Waals surface area (Å²) >= 11 is 0. The third kappa shape index (κ3) is 2.98. The van der Waals surface area contributed by atoms with Crippen LogP contribution in [0.2, 0.25) is 0 Å². The summed E-state index contributed by atoms with van der Waals surface area (Å²) < 4.78 is 0. The number of hydrazone groups is 1. The molecule has 0 saturated heterocycles. The van der Waals surface area contributed by atoms with Gasteiger partial charge in [-0.3, -0.25) is 25.7 Å². The molecule has 10 heteroatoms. The number of hydrogen-bond acceptors (Lipinski definition) is 8.